The van der Waals surface area contributed by atoms with Gasteiger partial charge < -0.3 is 9.64 Å². The number of hydrogen-bond donors (Lipinski definition) is 0. The third kappa shape index (κ3) is 3.26. The first kappa shape index (κ1) is 14.7. The molecule has 0 aromatic heterocycles. The van der Waals surface area contributed by atoms with E-state index in [1.54, 1.807) is 0 Å². The summed E-state index contributed by atoms with van der Waals surface area (Å²) >= 11 is 6.22. The van der Waals surface area contributed by atoms with Crippen LogP contribution < -0.4 is 9.64 Å². The second-order valence-corrected chi connectivity index (χ2v) is 5.13. The van der Waals surface area contributed by atoms with Crippen LogP contribution in [0.15, 0.2) is 48.5 Å². The Kier molecular flexibility index (Phi) is 4.91. The van der Waals surface area contributed by atoms with Crippen molar-refractivity contribution in [2.75, 3.05) is 11.4 Å². The Morgan fingerprint density at radius 3 is 2.40 bits per heavy atom. The lowest BCUT2D eigenvalue weighted by Crippen LogP contribution is -2.37. The van der Waals surface area contributed by atoms with Gasteiger partial charge >= 0.3 is 0 Å². The summed E-state index contributed by atoms with van der Waals surface area (Å²) in [5, 5.41) is 0.654. The van der Waals surface area contributed by atoms with Crippen LogP contribution in [0.5, 0.6) is 5.75 Å². The number of hydrogen-bond acceptors (Lipinski definition) is 2. The van der Waals surface area contributed by atoms with Crippen LogP contribution in [0.3, 0.4) is 0 Å². The van der Waals surface area contributed by atoms with Gasteiger partial charge in [-0.15, -0.1) is 0 Å². The van der Waals surface area contributed by atoms with Gasteiger partial charge in [-0.2, -0.15) is 0 Å². The molecule has 2 nitrogen and oxygen atoms in total. The SMILES string of the molecule is CCN(c1ccccc1)C(C)Oc1c(C)cccc1Cl. The molecule has 0 saturated heterocycles. The molecule has 20 heavy (non-hydrogen) atoms. The van der Waals surface area contributed by atoms with Gasteiger partial charge in [-0.3, -0.25) is 0 Å². The predicted octanol–water partition coefficient (Wildman–Crippen LogP) is 4.90. The molecule has 0 N–H and O–H groups in total. The number of rotatable bonds is 5. The molecular weight excluding hydrogens is 270 g/mol. The lowest BCUT2D eigenvalue weighted by atomic mass is 10.2. The zero-order valence-corrected chi connectivity index (χ0v) is 12.9. The molecule has 0 fully saturated rings. The van der Waals surface area contributed by atoms with Crippen molar-refractivity contribution in [2.24, 2.45) is 0 Å². The minimum atomic E-state index is -0.0824. The molecule has 0 saturated carbocycles. The fourth-order valence-electron chi connectivity index (χ4n) is 2.27. The fraction of sp³-hybridized carbons (Fsp3) is 0.294. The molecule has 3 heteroatoms. The molecular formula is C17H20ClNO. The number of halogens is 1. The Balaban J connectivity index is 2.20. The van der Waals surface area contributed by atoms with Gasteiger partial charge in [-0.05, 0) is 44.5 Å². The quantitative estimate of drug-likeness (QED) is 0.726. The van der Waals surface area contributed by atoms with Crippen molar-refractivity contribution in [3.8, 4) is 5.75 Å². The summed E-state index contributed by atoms with van der Waals surface area (Å²) < 4.78 is 6.08. The molecule has 0 radical (unpaired) electrons. The maximum absolute atomic E-state index is 6.22. The topological polar surface area (TPSA) is 12.5 Å². The van der Waals surface area contributed by atoms with Crippen LogP contribution in [-0.2, 0) is 0 Å². The summed E-state index contributed by atoms with van der Waals surface area (Å²) in [5.74, 6) is 0.760. The zero-order valence-electron chi connectivity index (χ0n) is 12.1. The van der Waals surface area contributed by atoms with Gasteiger partial charge in [-0.25, -0.2) is 0 Å². The van der Waals surface area contributed by atoms with Gasteiger partial charge in [0.15, 0.2) is 6.23 Å². The monoisotopic (exact) mass is 289 g/mol. The van der Waals surface area contributed by atoms with Gasteiger partial charge in [0.1, 0.15) is 5.75 Å². The predicted molar refractivity (Wildman–Crippen MR) is 85.7 cm³/mol. The van der Waals surface area contributed by atoms with Crippen LogP contribution >= 0.6 is 11.6 Å². The molecule has 2 rings (SSSR count). The Morgan fingerprint density at radius 1 is 1.10 bits per heavy atom. The van der Waals surface area contributed by atoms with Crippen molar-refractivity contribution in [2.45, 2.75) is 27.0 Å². The highest BCUT2D eigenvalue weighted by atomic mass is 35.5. The summed E-state index contributed by atoms with van der Waals surface area (Å²) in [6.45, 7) is 7.03. The van der Waals surface area contributed by atoms with E-state index in [1.807, 2.05) is 50.2 Å². The van der Waals surface area contributed by atoms with Gasteiger partial charge in [0, 0.05) is 12.2 Å². The van der Waals surface area contributed by atoms with Crippen LogP contribution in [0, 0.1) is 6.92 Å². The van der Waals surface area contributed by atoms with E-state index in [9.17, 15) is 0 Å². The molecule has 0 aliphatic heterocycles. The number of anilines is 1. The first-order chi connectivity index (χ1) is 9.63. The second kappa shape index (κ2) is 6.67. The molecule has 0 amide bonds. The smallest absolute Gasteiger partial charge is 0.169 e. The van der Waals surface area contributed by atoms with Gasteiger partial charge in [0.25, 0.3) is 0 Å². The van der Waals surface area contributed by atoms with E-state index < -0.39 is 0 Å². The highest BCUT2D eigenvalue weighted by molar-refractivity contribution is 6.32. The van der Waals surface area contributed by atoms with E-state index >= 15 is 0 Å². The van der Waals surface area contributed by atoms with Crippen molar-refractivity contribution in [3.05, 3.63) is 59.1 Å². The van der Waals surface area contributed by atoms with E-state index in [0.717, 1.165) is 23.5 Å². The van der Waals surface area contributed by atoms with Gasteiger partial charge in [-0.1, -0.05) is 41.9 Å². The molecule has 1 atom stereocenters. The average molecular weight is 290 g/mol. The normalized spacial score (nSPS) is 12.0. The van der Waals surface area contributed by atoms with Gasteiger partial charge in [0.05, 0.1) is 5.02 Å². The minimum absolute atomic E-state index is 0.0824. The third-order valence-electron chi connectivity index (χ3n) is 3.32. The average Bonchev–Trinajstić information content (AvgIpc) is 2.45. The fourth-order valence-corrected chi connectivity index (χ4v) is 2.54. The van der Waals surface area contributed by atoms with E-state index in [-0.39, 0.29) is 6.23 Å². The summed E-state index contributed by atoms with van der Waals surface area (Å²) in [4.78, 5) is 2.20. The van der Waals surface area contributed by atoms with Gasteiger partial charge in [0.2, 0.25) is 0 Å². The molecule has 106 valence electrons. The lowest BCUT2D eigenvalue weighted by Gasteiger charge is -2.31. The Morgan fingerprint density at radius 2 is 1.80 bits per heavy atom. The van der Waals surface area contributed by atoms with Crippen LogP contribution in [0.2, 0.25) is 5.02 Å². The molecule has 0 heterocycles. The molecule has 2 aromatic rings. The minimum Gasteiger partial charge on any atom is -0.469 e. The van der Waals surface area contributed by atoms with Crippen LogP contribution in [-0.4, -0.2) is 12.8 Å². The van der Waals surface area contributed by atoms with E-state index in [0.29, 0.717) is 5.02 Å². The van der Waals surface area contributed by atoms with Crippen molar-refractivity contribution in [1.82, 2.24) is 0 Å². The molecule has 0 aliphatic carbocycles. The Hall–Kier alpha value is -1.67. The largest absolute Gasteiger partial charge is 0.469 e. The molecule has 1 unspecified atom stereocenters. The Labute approximate surface area is 125 Å². The van der Waals surface area contributed by atoms with Crippen LogP contribution in [0.25, 0.3) is 0 Å². The molecule has 0 aliphatic rings. The van der Waals surface area contributed by atoms with Crippen molar-refractivity contribution >= 4 is 17.3 Å². The number of benzene rings is 2. The van der Waals surface area contributed by atoms with E-state index in [4.69, 9.17) is 16.3 Å². The van der Waals surface area contributed by atoms with Crippen molar-refractivity contribution in [1.29, 1.82) is 0 Å². The Bertz CT molecular complexity index is 536. The summed E-state index contributed by atoms with van der Waals surface area (Å²) in [7, 11) is 0. The molecule has 0 bridgehead atoms. The van der Waals surface area contributed by atoms with Crippen molar-refractivity contribution < 1.29 is 4.74 Å². The highest BCUT2D eigenvalue weighted by Crippen LogP contribution is 2.30. The second-order valence-electron chi connectivity index (χ2n) is 4.72. The summed E-state index contributed by atoms with van der Waals surface area (Å²) in [5.41, 5.74) is 2.20. The maximum Gasteiger partial charge on any atom is 0.169 e. The molecule has 0 spiro atoms. The van der Waals surface area contributed by atoms with Crippen molar-refractivity contribution in [3.63, 3.8) is 0 Å². The van der Waals surface area contributed by atoms with Crippen LogP contribution in [0.1, 0.15) is 19.4 Å². The van der Waals surface area contributed by atoms with E-state index in [1.165, 1.54) is 0 Å². The zero-order chi connectivity index (χ0) is 14.5. The lowest BCUT2D eigenvalue weighted by molar-refractivity contribution is 0.215. The highest BCUT2D eigenvalue weighted by Gasteiger charge is 2.16. The third-order valence-corrected chi connectivity index (χ3v) is 3.62. The first-order valence-electron chi connectivity index (χ1n) is 6.87. The first-order valence-corrected chi connectivity index (χ1v) is 7.24. The standard InChI is InChI=1S/C17H20ClNO/c1-4-19(15-10-6-5-7-11-15)14(3)20-17-13(2)9-8-12-16(17)18/h5-12,14H,4H2,1-3H3. The number of para-hydroxylation sites is 2. The molecule has 2 aromatic carbocycles. The number of ether oxygens (including phenoxy) is 1. The van der Waals surface area contributed by atoms with E-state index in [2.05, 4.69) is 24.0 Å². The number of nitrogens with zero attached hydrogens (tertiary/aromatic N) is 1. The maximum atomic E-state index is 6.22. The summed E-state index contributed by atoms with van der Waals surface area (Å²) in [6, 6.07) is 16.1. The summed E-state index contributed by atoms with van der Waals surface area (Å²) in [6.07, 6.45) is -0.0824. The number of aryl methyl sites for hydroxylation is 1. The van der Waals surface area contributed by atoms with Crippen LogP contribution in [0.4, 0.5) is 5.69 Å².